The van der Waals surface area contributed by atoms with E-state index in [1.54, 1.807) is 6.20 Å². The second-order valence-electron chi connectivity index (χ2n) is 4.79. The molecule has 2 N–H and O–H groups in total. The molecule has 0 aliphatic rings. The molecule has 1 unspecified atom stereocenters. The highest BCUT2D eigenvalue weighted by molar-refractivity contribution is 9.10. The first-order valence-electron chi connectivity index (χ1n) is 6.34. The average molecular weight is 358 g/mol. The molecule has 6 heteroatoms. The molecule has 0 aliphatic carbocycles. The van der Waals surface area contributed by atoms with Gasteiger partial charge in [-0.3, -0.25) is 4.90 Å². The fourth-order valence-corrected chi connectivity index (χ4v) is 2.82. The van der Waals surface area contributed by atoms with E-state index in [0.29, 0.717) is 13.1 Å². The largest absolute Gasteiger partial charge is 0.337 e. The van der Waals surface area contributed by atoms with Crippen LogP contribution in [-0.2, 0) is 13.6 Å². The Hall–Kier alpha value is -0.880. The van der Waals surface area contributed by atoms with Crippen LogP contribution in [0.4, 0.5) is 0 Å². The van der Waals surface area contributed by atoms with Gasteiger partial charge in [0.25, 0.3) is 0 Å². The van der Waals surface area contributed by atoms with Gasteiger partial charge in [-0.15, -0.1) is 0 Å². The number of halogens is 2. The fourth-order valence-electron chi connectivity index (χ4n) is 2.20. The highest BCUT2D eigenvalue weighted by atomic mass is 79.9. The summed E-state index contributed by atoms with van der Waals surface area (Å²) in [5, 5.41) is 0.732. The third kappa shape index (κ3) is 3.41. The Bertz CT molecular complexity index is 584. The van der Waals surface area contributed by atoms with Gasteiger partial charge in [0.1, 0.15) is 5.82 Å². The summed E-state index contributed by atoms with van der Waals surface area (Å²) in [6.45, 7) is 1.21. The number of hydrogen-bond acceptors (Lipinski definition) is 3. The maximum absolute atomic E-state index is 6.30. The van der Waals surface area contributed by atoms with E-state index in [9.17, 15) is 0 Å². The van der Waals surface area contributed by atoms with E-state index in [-0.39, 0.29) is 6.04 Å². The number of hydrogen-bond donors (Lipinski definition) is 1. The van der Waals surface area contributed by atoms with Crippen LogP contribution in [0, 0.1) is 0 Å². The number of aryl methyl sites for hydroxylation is 1. The van der Waals surface area contributed by atoms with Crippen LogP contribution >= 0.6 is 27.5 Å². The highest BCUT2D eigenvalue weighted by Gasteiger charge is 2.19. The summed E-state index contributed by atoms with van der Waals surface area (Å²) >= 11 is 9.78. The Kier molecular flexibility index (Phi) is 5.21. The number of likely N-dealkylation sites (N-methyl/N-ethyl adjacent to an activating group) is 1. The van der Waals surface area contributed by atoms with Gasteiger partial charge < -0.3 is 10.3 Å². The van der Waals surface area contributed by atoms with Crippen molar-refractivity contribution in [1.29, 1.82) is 0 Å². The second kappa shape index (κ2) is 6.72. The van der Waals surface area contributed by atoms with Gasteiger partial charge in [-0.2, -0.15) is 0 Å². The van der Waals surface area contributed by atoms with Gasteiger partial charge in [0, 0.05) is 41.5 Å². The summed E-state index contributed by atoms with van der Waals surface area (Å²) < 4.78 is 3.01. The van der Waals surface area contributed by atoms with E-state index in [4.69, 9.17) is 17.3 Å². The van der Waals surface area contributed by atoms with Crippen LogP contribution in [0.1, 0.15) is 17.4 Å². The highest BCUT2D eigenvalue weighted by Crippen LogP contribution is 2.29. The molecule has 0 aliphatic heterocycles. The van der Waals surface area contributed by atoms with E-state index in [2.05, 4.69) is 25.8 Å². The summed E-state index contributed by atoms with van der Waals surface area (Å²) in [4.78, 5) is 6.51. The zero-order valence-corrected chi connectivity index (χ0v) is 13.9. The lowest BCUT2D eigenvalue weighted by Gasteiger charge is -2.28. The minimum absolute atomic E-state index is 0.0525. The topological polar surface area (TPSA) is 47.1 Å². The van der Waals surface area contributed by atoms with E-state index in [0.717, 1.165) is 20.9 Å². The Balaban J connectivity index is 2.23. The number of rotatable bonds is 5. The number of imidazole rings is 1. The molecular formula is C14H18BrClN4. The summed E-state index contributed by atoms with van der Waals surface area (Å²) in [5.41, 5.74) is 6.98. The minimum atomic E-state index is 0.0525. The summed E-state index contributed by atoms with van der Waals surface area (Å²) in [7, 11) is 4.02. The molecule has 0 fully saturated rings. The second-order valence-corrected chi connectivity index (χ2v) is 6.11. The van der Waals surface area contributed by atoms with Crippen molar-refractivity contribution >= 4 is 27.5 Å². The first kappa shape index (κ1) is 15.5. The fraction of sp³-hybridized carbons (Fsp3) is 0.357. The third-order valence-corrected chi connectivity index (χ3v) is 4.22. The number of nitrogens with zero attached hydrogens (tertiary/aromatic N) is 3. The van der Waals surface area contributed by atoms with E-state index in [1.807, 2.05) is 43.1 Å². The monoisotopic (exact) mass is 356 g/mol. The third-order valence-electron chi connectivity index (χ3n) is 3.38. The smallest absolute Gasteiger partial charge is 0.122 e. The van der Waals surface area contributed by atoms with Crippen LogP contribution in [0.3, 0.4) is 0 Å². The molecule has 1 atom stereocenters. The van der Waals surface area contributed by atoms with Gasteiger partial charge >= 0.3 is 0 Å². The molecule has 1 aromatic heterocycles. The molecule has 20 heavy (non-hydrogen) atoms. The molecule has 0 bridgehead atoms. The van der Waals surface area contributed by atoms with Crippen molar-refractivity contribution in [2.75, 3.05) is 13.6 Å². The molecule has 1 heterocycles. The summed E-state index contributed by atoms with van der Waals surface area (Å²) in [5.74, 6) is 0.997. The lowest BCUT2D eigenvalue weighted by Crippen LogP contribution is -2.31. The van der Waals surface area contributed by atoms with Crippen molar-refractivity contribution < 1.29 is 0 Å². The van der Waals surface area contributed by atoms with Gasteiger partial charge in [-0.05, 0) is 30.8 Å². The Labute approximate surface area is 132 Å². The molecule has 4 nitrogen and oxygen atoms in total. The Morgan fingerprint density at radius 2 is 2.25 bits per heavy atom. The van der Waals surface area contributed by atoms with Crippen molar-refractivity contribution in [3.63, 3.8) is 0 Å². The lowest BCUT2D eigenvalue weighted by molar-refractivity contribution is 0.234. The van der Waals surface area contributed by atoms with Crippen LogP contribution in [0.25, 0.3) is 0 Å². The molecule has 0 radical (unpaired) electrons. The van der Waals surface area contributed by atoms with Crippen molar-refractivity contribution in [2.45, 2.75) is 12.6 Å². The van der Waals surface area contributed by atoms with Crippen LogP contribution in [0.15, 0.2) is 35.1 Å². The maximum Gasteiger partial charge on any atom is 0.122 e. The molecule has 0 amide bonds. The molecule has 0 saturated heterocycles. The predicted molar refractivity (Wildman–Crippen MR) is 85.6 cm³/mol. The standard InChI is InChI=1S/C14H18BrClN4/c1-19-6-5-18-14(19)9-20(2)13(8-17)11-7-10(15)3-4-12(11)16/h3-7,13H,8-9,17H2,1-2H3. The van der Waals surface area contributed by atoms with E-state index < -0.39 is 0 Å². The molecule has 0 spiro atoms. The van der Waals surface area contributed by atoms with Crippen LogP contribution in [0.2, 0.25) is 5.02 Å². The number of aromatic nitrogens is 2. The summed E-state index contributed by atoms with van der Waals surface area (Å²) in [6, 6.07) is 5.89. The zero-order valence-electron chi connectivity index (χ0n) is 11.6. The normalized spacial score (nSPS) is 12.9. The van der Waals surface area contributed by atoms with Crippen LogP contribution in [-0.4, -0.2) is 28.0 Å². The van der Waals surface area contributed by atoms with Gasteiger partial charge in [-0.25, -0.2) is 4.98 Å². The van der Waals surface area contributed by atoms with Gasteiger partial charge in [-0.1, -0.05) is 27.5 Å². The first-order chi connectivity index (χ1) is 9.52. The SMILES string of the molecule is CN(Cc1nccn1C)C(CN)c1cc(Br)ccc1Cl. The van der Waals surface area contributed by atoms with E-state index in [1.165, 1.54) is 0 Å². The Morgan fingerprint density at radius 1 is 1.50 bits per heavy atom. The first-order valence-corrected chi connectivity index (χ1v) is 7.51. The van der Waals surface area contributed by atoms with Crippen molar-refractivity contribution in [3.05, 3.63) is 51.5 Å². The van der Waals surface area contributed by atoms with Crippen molar-refractivity contribution in [1.82, 2.24) is 14.5 Å². The molecule has 0 saturated carbocycles. The quantitative estimate of drug-likeness (QED) is 0.895. The van der Waals surface area contributed by atoms with Gasteiger partial charge in [0.05, 0.1) is 6.54 Å². The van der Waals surface area contributed by atoms with Crippen LogP contribution < -0.4 is 5.73 Å². The molecule has 108 valence electrons. The zero-order chi connectivity index (χ0) is 14.7. The maximum atomic E-state index is 6.30. The molecule has 2 rings (SSSR count). The number of benzene rings is 1. The molecular weight excluding hydrogens is 340 g/mol. The minimum Gasteiger partial charge on any atom is -0.337 e. The molecule has 1 aromatic carbocycles. The van der Waals surface area contributed by atoms with Gasteiger partial charge in [0.2, 0.25) is 0 Å². The average Bonchev–Trinajstić information content (AvgIpc) is 2.80. The Morgan fingerprint density at radius 3 is 2.85 bits per heavy atom. The predicted octanol–water partition coefficient (Wildman–Crippen LogP) is 2.97. The van der Waals surface area contributed by atoms with Crippen molar-refractivity contribution in [3.8, 4) is 0 Å². The van der Waals surface area contributed by atoms with Gasteiger partial charge in [0.15, 0.2) is 0 Å². The van der Waals surface area contributed by atoms with Crippen LogP contribution in [0.5, 0.6) is 0 Å². The molecule has 2 aromatic rings. The number of nitrogens with two attached hydrogens (primary N) is 1. The van der Waals surface area contributed by atoms with Crippen molar-refractivity contribution in [2.24, 2.45) is 12.8 Å². The summed E-state index contributed by atoms with van der Waals surface area (Å²) in [6.07, 6.45) is 3.74. The van der Waals surface area contributed by atoms with E-state index >= 15 is 0 Å². The lowest BCUT2D eigenvalue weighted by atomic mass is 10.1.